The number of amides is 4. The van der Waals surface area contributed by atoms with Crippen molar-refractivity contribution in [2.75, 3.05) is 47.9 Å². The highest BCUT2D eigenvalue weighted by Gasteiger charge is 2.45. The molecule has 2 rings (SSSR count). The summed E-state index contributed by atoms with van der Waals surface area (Å²) in [6, 6.07) is -1.18. The van der Waals surface area contributed by atoms with Crippen molar-refractivity contribution in [1.82, 2.24) is 25.3 Å². The van der Waals surface area contributed by atoms with E-state index in [-0.39, 0.29) is 54.5 Å². The Morgan fingerprint density at radius 2 is 1.54 bits per heavy atom. The molecule has 4 N–H and O–H groups in total. The summed E-state index contributed by atoms with van der Waals surface area (Å²) in [5, 5.41) is 25.3. The van der Waals surface area contributed by atoms with Crippen LogP contribution in [0.15, 0.2) is 0 Å². The summed E-state index contributed by atoms with van der Waals surface area (Å²) >= 11 is 0. The van der Waals surface area contributed by atoms with Crippen molar-refractivity contribution in [3.05, 3.63) is 0 Å². The van der Waals surface area contributed by atoms with Gasteiger partial charge in [-0.3, -0.25) is 19.2 Å². The van der Waals surface area contributed by atoms with E-state index in [1.165, 1.54) is 25.5 Å². The van der Waals surface area contributed by atoms with Gasteiger partial charge in [0.2, 0.25) is 23.6 Å². The molecule has 0 radical (unpaired) electrons. The molecular formula is C34H66BN5O8. The van der Waals surface area contributed by atoms with E-state index >= 15 is 0 Å². The number of carbonyl (C=O) groups is 4. The van der Waals surface area contributed by atoms with Gasteiger partial charge in [-0.05, 0) is 44.6 Å². The molecule has 14 heteroatoms. The van der Waals surface area contributed by atoms with Crippen molar-refractivity contribution in [3.8, 4) is 0 Å². The maximum atomic E-state index is 13.9. The average molecular weight is 684 g/mol. The van der Waals surface area contributed by atoms with E-state index in [9.17, 15) is 29.2 Å². The van der Waals surface area contributed by atoms with Gasteiger partial charge < -0.3 is 44.9 Å². The van der Waals surface area contributed by atoms with Gasteiger partial charge in [0.05, 0.1) is 55.2 Å². The summed E-state index contributed by atoms with van der Waals surface area (Å²) in [5.41, 5.74) is 0. The van der Waals surface area contributed by atoms with Crippen molar-refractivity contribution in [3.63, 3.8) is 0 Å². The first-order chi connectivity index (χ1) is 22.7. The molecule has 0 bridgehead atoms. The second-order valence-electron chi connectivity index (χ2n) is 13.7. The summed E-state index contributed by atoms with van der Waals surface area (Å²) in [6.45, 7) is 14.7. The zero-order valence-electron chi connectivity index (χ0n) is 31.5. The number of hydrogen-bond donors (Lipinski definition) is 4. The molecule has 0 aromatic carbocycles. The third-order valence-electron chi connectivity index (χ3n) is 9.88. The number of nitrogens with zero attached hydrogens (tertiary/aromatic N) is 3. The number of nitrogens with one attached hydrogen (secondary N) is 2. The average Bonchev–Trinajstić information content (AvgIpc) is 3.74. The standard InChI is InChI=1S/C31H58BN5O8.C3H8/c1-10-20(4)28(35(7)26(39)18-34-30(40)27(33-6)19(2)3)23(44-8)17-25(38)36-15-11-13-22(36)29(45-9)21(5)31(41)37-16-12-14-24(37)32(42)43;1-3-2/h19-24,27-29,33,42-43H,10-18H2,1-9H3,(H,34,40);3H2,1-2H3/t20?,21?,22?,23?,24-,27?,28?,29?;/m0./s1. The maximum absolute atomic E-state index is 13.9. The van der Waals surface area contributed by atoms with Crippen LogP contribution in [0.5, 0.6) is 0 Å². The van der Waals surface area contributed by atoms with Crippen LogP contribution >= 0.6 is 0 Å². The molecule has 2 aliphatic rings. The van der Waals surface area contributed by atoms with E-state index in [1.807, 2.05) is 27.7 Å². The molecule has 278 valence electrons. The van der Waals surface area contributed by atoms with Gasteiger partial charge in [0.1, 0.15) is 0 Å². The number of likely N-dealkylation sites (N-methyl/N-ethyl adjacent to an activating group) is 2. The number of rotatable bonds is 17. The van der Waals surface area contributed by atoms with Crippen molar-refractivity contribution >= 4 is 30.7 Å². The van der Waals surface area contributed by atoms with E-state index in [4.69, 9.17) is 9.47 Å². The fourth-order valence-corrected chi connectivity index (χ4v) is 7.12. The molecule has 0 saturated carbocycles. The highest BCUT2D eigenvalue weighted by Crippen LogP contribution is 2.31. The van der Waals surface area contributed by atoms with Crippen LogP contribution in [-0.2, 0) is 28.7 Å². The molecule has 2 heterocycles. The van der Waals surface area contributed by atoms with E-state index in [0.29, 0.717) is 32.4 Å². The fraction of sp³-hybridized carbons (Fsp3) is 0.882. The Bertz CT molecular complexity index is 1000. The van der Waals surface area contributed by atoms with Crippen LogP contribution in [0.2, 0.25) is 0 Å². The van der Waals surface area contributed by atoms with Crippen LogP contribution in [0, 0.1) is 17.8 Å². The third-order valence-corrected chi connectivity index (χ3v) is 9.88. The van der Waals surface area contributed by atoms with Gasteiger partial charge in [-0.1, -0.05) is 61.3 Å². The lowest BCUT2D eigenvalue weighted by atomic mass is 9.77. The molecule has 0 spiro atoms. The third kappa shape index (κ3) is 11.7. The first-order valence-electron chi connectivity index (χ1n) is 17.9. The van der Waals surface area contributed by atoms with Crippen molar-refractivity contribution in [2.45, 2.75) is 130 Å². The Kier molecular flexibility index (Phi) is 19.8. The zero-order valence-corrected chi connectivity index (χ0v) is 31.5. The Hall–Kier alpha value is -2.26. The van der Waals surface area contributed by atoms with Crippen molar-refractivity contribution in [2.24, 2.45) is 17.8 Å². The van der Waals surface area contributed by atoms with Gasteiger partial charge in [-0.25, -0.2) is 0 Å². The molecular weight excluding hydrogens is 617 g/mol. The molecule has 0 aliphatic carbocycles. The normalized spacial score (nSPS) is 21.5. The summed E-state index contributed by atoms with van der Waals surface area (Å²) < 4.78 is 11.7. The molecule has 48 heavy (non-hydrogen) atoms. The molecule has 7 unspecified atom stereocenters. The molecule has 4 amide bonds. The maximum Gasteiger partial charge on any atom is 0.475 e. The van der Waals surface area contributed by atoms with Crippen LogP contribution in [0.3, 0.4) is 0 Å². The minimum atomic E-state index is -1.61. The quantitative estimate of drug-likeness (QED) is 0.167. The van der Waals surface area contributed by atoms with Crippen LogP contribution < -0.4 is 10.6 Å². The predicted octanol–water partition coefficient (Wildman–Crippen LogP) is 1.69. The molecule has 0 aromatic rings. The smallest absolute Gasteiger partial charge is 0.426 e. The van der Waals surface area contributed by atoms with Gasteiger partial charge in [-0.15, -0.1) is 0 Å². The van der Waals surface area contributed by atoms with E-state index in [2.05, 4.69) is 24.5 Å². The molecule has 2 fully saturated rings. The Morgan fingerprint density at radius 3 is 2.04 bits per heavy atom. The lowest BCUT2D eigenvalue weighted by molar-refractivity contribution is -0.148. The molecule has 2 aliphatic heterocycles. The van der Waals surface area contributed by atoms with Crippen LogP contribution in [-0.4, -0.2) is 140 Å². The van der Waals surface area contributed by atoms with Crippen LogP contribution in [0.25, 0.3) is 0 Å². The second kappa shape index (κ2) is 21.7. The largest absolute Gasteiger partial charge is 0.475 e. The SMILES string of the molecule is CCC.CCC(C)C(C(CC(=O)N1CCCC1C(OC)C(C)C(=O)N1CCC[C@H]1B(O)O)OC)N(C)C(=O)CNC(=O)C(NC)C(C)C. The van der Waals surface area contributed by atoms with Crippen molar-refractivity contribution in [1.29, 1.82) is 0 Å². The second-order valence-corrected chi connectivity index (χ2v) is 13.7. The number of carbonyl (C=O) groups excluding carboxylic acids is 4. The predicted molar refractivity (Wildman–Crippen MR) is 188 cm³/mol. The zero-order chi connectivity index (χ0) is 36.7. The van der Waals surface area contributed by atoms with Crippen LogP contribution in [0.1, 0.15) is 93.4 Å². The van der Waals surface area contributed by atoms with Gasteiger partial charge >= 0.3 is 7.12 Å². The van der Waals surface area contributed by atoms with E-state index in [0.717, 1.165) is 12.8 Å². The van der Waals surface area contributed by atoms with Gasteiger partial charge in [0, 0.05) is 34.4 Å². The topological polar surface area (TPSA) is 161 Å². The Morgan fingerprint density at radius 1 is 0.958 bits per heavy atom. The minimum absolute atomic E-state index is 0.00199. The van der Waals surface area contributed by atoms with Crippen molar-refractivity contribution < 1.29 is 38.7 Å². The number of hydrogen-bond acceptors (Lipinski definition) is 9. The fourth-order valence-electron chi connectivity index (χ4n) is 7.12. The Balaban J connectivity index is 0.00000369. The summed E-state index contributed by atoms with van der Waals surface area (Å²) in [4.78, 5) is 58.2. The lowest BCUT2D eigenvalue weighted by Crippen LogP contribution is -2.55. The number of ether oxygens (including phenoxy) is 2. The lowest BCUT2D eigenvalue weighted by Gasteiger charge is -2.39. The molecule has 0 aromatic heterocycles. The van der Waals surface area contributed by atoms with E-state index in [1.54, 1.807) is 30.8 Å². The first-order valence-corrected chi connectivity index (χ1v) is 17.9. The highest BCUT2D eigenvalue weighted by molar-refractivity contribution is 6.43. The molecule has 13 nitrogen and oxygen atoms in total. The van der Waals surface area contributed by atoms with Gasteiger partial charge in [-0.2, -0.15) is 0 Å². The first kappa shape index (κ1) is 43.8. The summed E-state index contributed by atoms with van der Waals surface area (Å²) in [6.07, 6.45) is 3.49. The number of methoxy groups -OCH3 is 2. The molecule has 8 atom stereocenters. The molecule has 2 saturated heterocycles. The summed E-state index contributed by atoms with van der Waals surface area (Å²) in [7, 11) is 4.86. The van der Waals surface area contributed by atoms with Crippen LogP contribution in [0.4, 0.5) is 0 Å². The summed E-state index contributed by atoms with van der Waals surface area (Å²) in [5.74, 6) is -2.08. The highest BCUT2D eigenvalue weighted by atomic mass is 16.5. The van der Waals surface area contributed by atoms with Gasteiger partial charge in [0.25, 0.3) is 0 Å². The Labute approximate surface area is 290 Å². The number of likely N-dealkylation sites (tertiary alicyclic amines) is 2. The van der Waals surface area contributed by atoms with E-state index < -0.39 is 43.3 Å². The van der Waals surface area contributed by atoms with Gasteiger partial charge in [0.15, 0.2) is 0 Å². The monoisotopic (exact) mass is 684 g/mol. The minimum Gasteiger partial charge on any atom is -0.426 e.